The van der Waals surface area contributed by atoms with Crippen molar-refractivity contribution in [1.82, 2.24) is 14.9 Å². The molecule has 0 N–H and O–H groups in total. The van der Waals surface area contributed by atoms with E-state index in [4.69, 9.17) is 0 Å². The largest absolute Gasteiger partial charge is 0.433 e. The average molecular weight is 307 g/mol. The number of pyridine rings is 2. The van der Waals surface area contributed by atoms with Gasteiger partial charge in [-0.1, -0.05) is 6.07 Å². The highest BCUT2D eigenvalue weighted by Crippen LogP contribution is 2.29. The number of hydrogen-bond acceptors (Lipinski definition) is 3. The third-order valence-corrected chi connectivity index (χ3v) is 3.58. The van der Waals surface area contributed by atoms with E-state index in [2.05, 4.69) is 9.97 Å². The number of hydrogen-bond donors (Lipinski definition) is 0. The number of aromatic nitrogens is 2. The molecule has 0 unspecified atom stereocenters. The number of carbonyl (C=O) groups is 1. The smallest absolute Gasteiger partial charge is 0.328 e. The fourth-order valence-corrected chi connectivity index (χ4v) is 2.46. The van der Waals surface area contributed by atoms with Crippen LogP contribution in [-0.2, 0) is 19.3 Å². The quantitative estimate of drug-likeness (QED) is 0.813. The zero-order valence-corrected chi connectivity index (χ0v) is 11.7. The second-order valence-electron chi connectivity index (χ2n) is 5.10. The van der Waals surface area contributed by atoms with E-state index in [1.54, 1.807) is 17.2 Å². The molecule has 0 bridgehead atoms. The molecular formula is C15H12F3N3O. The highest BCUT2D eigenvalue weighted by molar-refractivity contribution is 5.95. The summed E-state index contributed by atoms with van der Waals surface area (Å²) in [5, 5.41) is 0. The van der Waals surface area contributed by atoms with Crippen LogP contribution in [0.3, 0.4) is 0 Å². The predicted molar refractivity (Wildman–Crippen MR) is 71.8 cm³/mol. The molecule has 4 nitrogen and oxygen atoms in total. The average Bonchev–Trinajstić information content (AvgIpc) is 2.89. The van der Waals surface area contributed by atoms with Gasteiger partial charge in [0.2, 0.25) is 0 Å². The van der Waals surface area contributed by atoms with Crippen molar-refractivity contribution in [3.63, 3.8) is 0 Å². The highest BCUT2D eigenvalue weighted by atomic mass is 19.4. The van der Waals surface area contributed by atoms with Crippen LogP contribution in [0.5, 0.6) is 0 Å². The van der Waals surface area contributed by atoms with Gasteiger partial charge in [0, 0.05) is 12.7 Å². The second kappa shape index (κ2) is 5.08. The summed E-state index contributed by atoms with van der Waals surface area (Å²) in [7, 11) is 0. The number of aryl methyl sites for hydroxylation is 1. The molecule has 1 aliphatic heterocycles. The Morgan fingerprint density at radius 2 is 2.00 bits per heavy atom. The summed E-state index contributed by atoms with van der Waals surface area (Å²) < 4.78 is 37.8. The van der Waals surface area contributed by atoms with Crippen molar-refractivity contribution >= 4 is 5.91 Å². The molecule has 1 amide bonds. The normalized spacial score (nSPS) is 14.1. The molecule has 0 saturated heterocycles. The number of carbonyl (C=O) groups excluding carboxylic acids is 1. The van der Waals surface area contributed by atoms with Crippen LogP contribution in [0.25, 0.3) is 0 Å². The highest BCUT2D eigenvalue weighted by Gasteiger charge is 2.33. The molecule has 2 aromatic heterocycles. The van der Waals surface area contributed by atoms with Gasteiger partial charge in [-0.3, -0.25) is 9.78 Å². The maximum Gasteiger partial charge on any atom is 0.433 e. The summed E-state index contributed by atoms with van der Waals surface area (Å²) in [4.78, 5) is 21.7. The van der Waals surface area contributed by atoms with Gasteiger partial charge in [-0.05, 0) is 30.7 Å². The van der Waals surface area contributed by atoms with E-state index >= 15 is 0 Å². The lowest BCUT2D eigenvalue weighted by molar-refractivity contribution is -0.141. The van der Waals surface area contributed by atoms with Crippen molar-refractivity contribution in [2.45, 2.75) is 26.2 Å². The summed E-state index contributed by atoms with van der Waals surface area (Å²) >= 11 is 0. The van der Waals surface area contributed by atoms with Gasteiger partial charge in [-0.15, -0.1) is 0 Å². The van der Waals surface area contributed by atoms with Crippen LogP contribution in [-0.4, -0.2) is 20.8 Å². The van der Waals surface area contributed by atoms with E-state index in [0.717, 1.165) is 17.3 Å². The van der Waals surface area contributed by atoms with Crippen LogP contribution in [0, 0.1) is 6.92 Å². The maximum atomic E-state index is 12.6. The van der Waals surface area contributed by atoms with Gasteiger partial charge in [0.05, 0.1) is 23.5 Å². The SMILES string of the molecule is Cc1nc(C(F)(F)F)ccc1C(=O)N1Cc2cccnc2C1. The van der Waals surface area contributed by atoms with Gasteiger partial charge in [-0.2, -0.15) is 13.2 Å². The van der Waals surface area contributed by atoms with E-state index < -0.39 is 11.9 Å². The molecule has 7 heteroatoms. The molecule has 0 radical (unpaired) electrons. The fraction of sp³-hybridized carbons (Fsp3) is 0.267. The first-order valence-corrected chi connectivity index (χ1v) is 6.63. The van der Waals surface area contributed by atoms with E-state index in [0.29, 0.717) is 13.1 Å². The van der Waals surface area contributed by atoms with Crippen molar-refractivity contribution in [2.24, 2.45) is 0 Å². The molecule has 3 heterocycles. The maximum absolute atomic E-state index is 12.6. The minimum atomic E-state index is -4.51. The summed E-state index contributed by atoms with van der Waals surface area (Å²) in [6.07, 6.45) is -2.86. The standard InChI is InChI=1S/C15H12F3N3O/c1-9-11(4-5-13(20-9)15(16,17)18)14(22)21-7-10-3-2-6-19-12(10)8-21/h2-6H,7-8H2,1H3. The number of halogens is 3. The first-order valence-electron chi connectivity index (χ1n) is 6.63. The lowest BCUT2D eigenvalue weighted by atomic mass is 10.1. The van der Waals surface area contributed by atoms with Crippen LogP contribution < -0.4 is 0 Å². The second-order valence-corrected chi connectivity index (χ2v) is 5.10. The van der Waals surface area contributed by atoms with Crippen LogP contribution >= 0.6 is 0 Å². The Hall–Kier alpha value is -2.44. The van der Waals surface area contributed by atoms with E-state index in [1.807, 2.05) is 6.07 Å². The number of fused-ring (bicyclic) bond motifs is 1. The Bertz CT molecular complexity index is 718. The number of nitrogens with zero attached hydrogens (tertiary/aromatic N) is 3. The van der Waals surface area contributed by atoms with Crippen LogP contribution in [0.1, 0.15) is 33.0 Å². The minimum absolute atomic E-state index is 0.0729. The zero-order chi connectivity index (χ0) is 15.9. The third kappa shape index (κ3) is 2.54. The Morgan fingerprint density at radius 1 is 1.23 bits per heavy atom. The molecule has 0 atom stereocenters. The minimum Gasteiger partial charge on any atom is -0.328 e. The van der Waals surface area contributed by atoms with Gasteiger partial charge < -0.3 is 4.90 Å². The molecule has 114 valence electrons. The first kappa shape index (κ1) is 14.5. The number of alkyl halides is 3. The number of amides is 1. The Kier molecular flexibility index (Phi) is 3.35. The Balaban J connectivity index is 1.85. The fourth-order valence-electron chi connectivity index (χ4n) is 2.46. The molecule has 1 aliphatic rings. The molecule has 2 aromatic rings. The molecule has 3 rings (SSSR count). The summed E-state index contributed by atoms with van der Waals surface area (Å²) in [6.45, 7) is 2.17. The van der Waals surface area contributed by atoms with Crippen molar-refractivity contribution in [3.8, 4) is 0 Å². The molecule has 0 saturated carbocycles. The Morgan fingerprint density at radius 3 is 2.64 bits per heavy atom. The molecule has 0 aromatic carbocycles. The summed E-state index contributed by atoms with van der Waals surface area (Å²) in [5.74, 6) is -0.336. The van der Waals surface area contributed by atoms with Crippen LogP contribution in [0.15, 0.2) is 30.5 Å². The van der Waals surface area contributed by atoms with Gasteiger partial charge in [0.25, 0.3) is 5.91 Å². The van der Waals surface area contributed by atoms with Gasteiger partial charge in [-0.25, -0.2) is 4.98 Å². The van der Waals surface area contributed by atoms with Crippen molar-refractivity contribution < 1.29 is 18.0 Å². The van der Waals surface area contributed by atoms with Gasteiger partial charge >= 0.3 is 6.18 Å². The monoisotopic (exact) mass is 307 g/mol. The summed E-state index contributed by atoms with van der Waals surface area (Å²) in [5.41, 5.74) is 1.03. The van der Waals surface area contributed by atoms with Gasteiger partial charge in [0.15, 0.2) is 0 Å². The third-order valence-electron chi connectivity index (χ3n) is 3.58. The lowest BCUT2D eigenvalue weighted by Gasteiger charge is -2.17. The number of rotatable bonds is 1. The predicted octanol–water partition coefficient (Wildman–Crippen LogP) is 2.96. The molecule has 0 spiro atoms. The van der Waals surface area contributed by atoms with Crippen LogP contribution in [0.2, 0.25) is 0 Å². The van der Waals surface area contributed by atoms with E-state index in [-0.39, 0.29) is 17.2 Å². The molecule has 22 heavy (non-hydrogen) atoms. The Labute approximate surface area is 124 Å². The molecular weight excluding hydrogens is 295 g/mol. The molecule has 0 fully saturated rings. The summed E-state index contributed by atoms with van der Waals surface area (Å²) in [6, 6.07) is 5.69. The first-order chi connectivity index (χ1) is 10.4. The lowest BCUT2D eigenvalue weighted by Crippen LogP contribution is -2.26. The van der Waals surface area contributed by atoms with Crippen LogP contribution in [0.4, 0.5) is 13.2 Å². The molecule has 0 aliphatic carbocycles. The topological polar surface area (TPSA) is 46.1 Å². The van der Waals surface area contributed by atoms with Gasteiger partial charge in [0.1, 0.15) is 5.69 Å². The van der Waals surface area contributed by atoms with E-state index in [9.17, 15) is 18.0 Å². The van der Waals surface area contributed by atoms with E-state index in [1.165, 1.54) is 13.0 Å². The zero-order valence-electron chi connectivity index (χ0n) is 11.7. The van der Waals surface area contributed by atoms with Crippen molar-refractivity contribution in [2.75, 3.05) is 0 Å². The van der Waals surface area contributed by atoms with Crippen molar-refractivity contribution in [1.29, 1.82) is 0 Å². The van der Waals surface area contributed by atoms with Crippen molar-refractivity contribution in [3.05, 3.63) is 58.7 Å².